The minimum atomic E-state index is -0.927. The molecule has 20 heteroatoms. The third-order valence-electron chi connectivity index (χ3n) is 11.6. The Bertz CT molecular complexity index is 2310. The van der Waals surface area contributed by atoms with Gasteiger partial charge in [0.1, 0.15) is 18.6 Å². The van der Waals surface area contributed by atoms with Crippen molar-refractivity contribution in [1.82, 2.24) is 50.1 Å². The molecule has 0 radical (unpaired) electrons. The third-order valence-corrected chi connectivity index (χ3v) is 12.6. The molecule has 4 aromatic rings. The lowest BCUT2D eigenvalue weighted by atomic mass is 9.85. The summed E-state index contributed by atoms with van der Waals surface area (Å²) in [4.78, 5) is 80.0. The minimum absolute atomic E-state index is 0.00564. The van der Waals surface area contributed by atoms with E-state index < -0.39 is 35.6 Å². The van der Waals surface area contributed by atoms with Gasteiger partial charge < -0.3 is 45.4 Å². The number of benzene rings is 1. The zero-order chi connectivity index (χ0) is 46.8. The summed E-state index contributed by atoms with van der Waals surface area (Å²) in [6.45, 7) is 10.5. The summed E-state index contributed by atoms with van der Waals surface area (Å²) >= 11 is 1.57. The molecule has 65 heavy (non-hydrogen) atoms. The van der Waals surface area contributed by atoms with Crippen molar-refractivity contribution in [3.63, 3.8) is 0 Å². The number of aryl methyl sites for hydroxylation is 1. The van der Waals surface area contributed by atoms with Crippen molar-refractivity contribution >= 4 is 53.0 Å². The molecular formula is C45H61N13O6S. The number of aliphatic hydroxyl groups is 1. The number of piperidine rings is 1. The van der Waals surface area contributed by atoms with E-state index >= 15 is 0 Å². The topological polar surface area (TPSA) is 216 Å². The number of carbonyl (C=O) groups is 4. The number of hydrogen-bond acceptors (Lipinski definition) is 15. The second-order valence-corrected chi connectivity index (χ2v) is 18.6. The van der Waals surface area contributed by atoms with E-state index in [-0.39, 0.29) is 43.7 Å². The van der Waals surface area contributed by atoms with Crippen LogP contribution in [0.15, 0.2) is 42.2 Å². The van der Waals surface area contributed by atoms with Crippen LogP contribution in [0.5, 0.6) is 0 Å². The Labute approximate surface area is 384 Å². The van der Waals surface area contributed by atoms with Crippen molar-refractivity contribution in [2.75, 3.05) is 69.0 Å². The van der Waals surface area contributed by atoms with Crippen LogP contribution in [0.2, 0.25) is 0 Å². The number of β-amino-alcohol motifs (C(OH)–C–C–N with tert-alkyl or cyclic N) is 1. The summed E-state index contributed by atoms with van der Waals surface area (Å²) < 4.78 is 6.49. The molecule has 0 spiro atoms. The summed E-state index contributed by atoms with van der Waals surface area (Å²) in [6, 6.07) is 6.09. The van der Waals surface area contributed by atoms with Crippen LogP contribution in [0.4, 0.5) is 22.6 Å². The molecule has 1 aromatic carbocycles. The first-order valence-corrected chi connectivity index (χ1v) is 22.7. The average Bonchev–Trinajstić information content (AvgIpc) is 4.03. The molecule has 3 atom stereocenters. The first-order valence-electron chi connectivity index (χ1n) is 21.8. The Balaban J connectivity index is 1.05. The van der Waals surface area contributed by atoms with Gasteiger partial charge in [-0.1, -0.05) is 51.0 Å². The SMILES string of the molecule is C#CCn1cc(CN(C)c2nc(NCCN(C)C(=O)OC)nc(N3CCC(CC(=O)N[C@H](C(=O)N4C[C@H](O)C[C@H]4C(=O)NCc4ccc(-c5scnc5C)cc4)C(C)(C)C)CC3)n2)cn1. The van der Waals surface area contributed by atoms with Gasteiger partial charge in [-0.15, -0.1) is 17.8 Å². The van der Waals surface area contributed by atoms with Crippen LogP contribution in [0.1, 0.15) is 63.3 Å². The van der Waals surface area contributed by atoms with E-state index in [2.05, 4.69) is 41.8 Å². The second kappa shape index (κ2) is 21.6. The summed E-state index contributed by atoms with van der Waals surface area (Å²) in [5, 5.41) is 24.2. The Morgan fingerprint density at radius 1 is 1.08 bits per heavy atom. The van der Waals surface area contributed by atoms with Crippen LogP contribution >= 0.6 is 11.3 Å². The molecule has 2 aliphatic heterocycles. The number of ether oxygens (including phenoxy) is 1. The molecule has 4 amide bonds. The lowest BCUT2D eigenvalue weighted by Gasteiger charge is -2.36. The molecule has 2 fully saturated rings. The van der Waals surface area contributed by atoms with Crippen LogP contribution in [0, 0.1) is 30.6 Å². The highest BCUT2D eigenvalue weighted by Gasteiger charge is 2.44. The maximum absolute atomic E-state index is 14.3. The average molecular weight is 912 g/mol. The smallest absolute Gasteiger partial charge is 0.409 e. The number of hydrogen-bond donors (Lipinski definition) is 4. The maximum atomic E-state index is 14.3. The molecule has 6 rings (SSSR count). The monoisotopic (exact) mass is 911 g/mol. The van der Waals surface area contributed by atoms with Crippen molar-refractivity contribution in [2.24, 2.45) is 11.3 Å². The highest BCUT2D eigenvalue weighted by atomic mass is 32.1. The zero-order valence-corrected chi connectivity index (χ0v) is 39.1. The van der Waals surface area contributed by atoms with E-state index in [1.807, 2.05) is 75.6 Å². The molecule has 0 unspecified atom stereocenters. The van der Waals surface area contributed by atoms with Gasteiger partial charge in [-0.3, -0.25) is 19.1 Å². The predicted octanol–water partition coefficient (Wildman–Crippen LogP) is 3.30. The number of amides is 4. The Kier molecular flexibility index (Phi) is 16.0. The van der Waals surface area contributed by atoms with E-state index in [0.29, 0.717) is 70.0 Å². The number of carbonyl (C=O) groups excluding carboxylic acids is 4. The molecule has 2 saturated heterocycles. The standard InChI is InChI=1S/C45H61N13O6S/c1-9-17-57-26-32(24-49-57)25-55(7)42-51-41(46-16-20-54(6)44(63)64-8)52-43(53-42)56-18-14-30(15-19-56)21-36(60)50-38(45(3,4)5)40(62)58-27-34(59)22-35(58)39(61)47-23-31-10-12-33(13-11-31)37-29(2)48-28-65-37/h1,10-13,24,26,28,30,34-35,38,59H,14-23,25,27H2,2-8H3,(H,47,61)(H,50,60)(H,46,51,52,53)/t34-,35+,38-/m1/s1. The lowest BCUT2D eigenvalue weighted by molar-refractivity contribution is -0.144. The number of likely N-dealkylation sites (tertiary alicyclic amines) is 1. The van der Waals surface area contributed by atoms with E-state index in [0.717, 1.165) is 27.3 Å². The van der Waals surface area contributed by atoms with Gasteiger partial charge >= 0.3 is 6.09 Å². The van der Waals surface area contributed by atoms with Gasteiger partial charge in [-0.2, -0.15) is 20.1 Å². The summed E-state index contributed by atoms with van der Waals surface area (Å²) in [6.07, 6.45) is 9.42. The number of terminal acetylenes is 1. The van der Waals surface area contributed by atoms with Crippen molar-refractivity contribution in [3.8, 4) is 22.8 Å². The minimum Gasteiger partial charge on any atom is -0.453 e. The number of nitrogens with zero attached hydrogens (tertiary/aromatic N) is 10. The molecule has 348 valence electrons. The second-order valence-electron chi connectivity index (χ2n) is 17.8. The molecule has 4 N–H and O–H groups in total. The molecule has 2 aliphatic rings. The van der Waals surface area contributed by atoms with E-state index in [4.69, 9.17) is 21.1 Å². The number of aromatic nitrogens is 6. The van der Waals surface area contributed by atoms with Gasteiger partial charge in [0.05, 0.1) is 35.5 Å². The fourth-order valence-electron chi connectivity index (χ4n) is 7.94. The molecule has 0 bridgehead atoms. The van der Waals surface area contributed by atoms with Crippen molar-refractivity contribution in [3.05, 3.63) is 59.0 Å². The number of aliphatic hydroxyl groups excluding tert-OH is 1. The predicted molar refractivity (Wildman–Crippen MR) is 248 cm³/mol. The van der Waals surface area contributed by atoms with Crippen LogP contribution in [0.25, 0.3) is 10.4 Å². The molecule has 0 saturated carbocycles. The summed E-state index contributed by atoms with van der Waals surface area (Å²) in [5.41, 5.74) is 4.97. The highest BCUT2D eigenvalue weighted by molar-refractivity contribution is 7.13. The molecule has 0 aliphatic carbocycles. The fourth-order valence-corrected chi connectivity index (χ4v) is 8.75. The summed E-state index contributed by atoms with van der Waals surface area (Å²) in [5.74, 6) is 2.84. The Morgan fingerprint density at radius 2 is 1.82 bits per heavy atom. The van der Waals surface area contributed by atoms with Crippen molar-refractivity contribution in [1.29, 1.82) is 0 Å². The largest absolute Gasteiger partial charge is 0.453 e. The van der Waals surface area contributed by atoms with Gasteiger partial charge in [-0.05, 0) is 42.2 Å². The van der Waals surface area contributed by atoms with Crippen molar-refractivity contribution in [2.45, 2.75) is 91.2 Å². The number of thiazole rings is 1. The first kappa shape index (κ1) is 48.1. The number of nitrogens with one attached hydrogen (secondary N) is 3. The van der Waals surface area contributed by atoms with Crippen LogP contribution < -0.4 is 25.8 Å². The molecular weight excluding hydrogens is 851 g/mol. The lowest BCUT2D eigenvalue weighted by Crippen LogP contribution is -2.58. The van der Waals surface area contributed by atoms with E-state index in [1.54, 1.807) is 29.3 Å². The Morgan fingerprint density at radius 3 is 2.48 bits per heavy atom. The normalized spacial score (nSPS) is 17.0. The quantitative estimate of drug-likeness (QED) is 0.112. The van der Waals surface area contributed by atoms with Crippen LogP contribution in [0.3, 0.4) is 0 Å². The number of methoxy groups -OCH3 is 1. The number of rotatable bonds is 17. The van der Waals surface area contributed by atoms with Gasteiger partial charge in [0.2, 0.25) is 35.6 Å². The molecule has 19 nitrogen and oxygen atoms in total. The Hall–Kier alpha value is -6.33. The van der Waals surface area contributed by atoms with Gasteiger partial charge in [0.15, 0.2) is 0 Å². The van der Waals surface area contributed by atoms with Crippen molar-refractivity contribution < 1.29 is 29.0 Å². The van der Waals surface area contributed by atoms with Crippen LogP contribution in [-0.2, 0) is 38.8 Å². The maximum Gasteiger partial charge on any atom is 0.409 e. The third kappa shape index (κ3) is 12.7. The first-order chi connectivity index (χ1) is 31.0. The van der Waals surface area contributed by atoms with Gasteiger partial charge in [-0.25, -0.2) is 9.78 Å². The van der Waals surface area contributed by atoms with E-state index in [9.17, 15) is 24.3 Å². The molecule has 5 heterocycles. The highest BCUT2D eigenvalue weighted by Crippen LogP contribution is 2.30. The fraction of sp³-hybridized carbons (Fsp3) is 0.533. The van der Waals surface area contributed by atoms with E-state index in [1.165, 1.54) is 16.9 Å². The molecule has 3 aromatic heterocycles. The summed E-state index contributed by atoms with van der Waals surface area (Å²) in [7, 11) is 4.85. The number of likely N-dealkylation sites (N-methyl/N-ethyl adjacent to an activating group) is 1. The van der Waals surface area contributed by atoms with Gasteiger partial charge in [0.25, 0.3) is 0 Å². The van der Waals surface area contributed by atoms with Gasteiger partial charge in [0, 0.05) is 84.5 Å². The van der Waals surface area contributed by atoms with Crippen LogP contribution in [-0.4, -0.2) is 141 Å². The number of anilines is 3. The zero-order valence-electron chi connectivity index (χ0n) is 38.3.